The largest absolute Gasteiger partial charge is 0.508 e. The second-order valence-corrected chi connectivity index (χ2v) is 4.18. The standard InChI is InChI=1S/C16H13N2O/c19-16-17(14-8-3-1-4-9-14)12-7-13-18(16)15-10-5-2-6-11-15/h1-13H/q+1. The normalized spacial score (nSPS) is 10.3. The van der Waals surface area contributed by atoms with Crippen molar-refractivity contribution in [3.05, 3.63) is 89.6 Å². The molecule has 0 unspecified atom stereocenters. The molecule has 0 bridgehead atoms. The van der Waals surface area contributed by atoms with Crippen LogP contribution in [0.5, 0.6) is 0 Å². The maximum atomic E-state index is 12.5. The van der Waals surface area contributed by atoms with Crippen molar-refractivity contribution in [1.82, 2.24) is 4.57 Å². The van der Waals surface area contributed by atoms with Gasteiger partial charge in [0.15, 0.2) is 0 Å². The van der Waals surface area contributed by atoms with Crippen molar-refractivity contribution in [3.63, 3.8) is 0 Å². The van der Waals surface area contributed by atoms with Crippen LogP contribution in [0.25, 0.3) is 11.4 Å². The highest BCUT2D eigenvalue weighted by Crippen LogP contribution is 2.02. The first-order chi connectivity index (χ1) is 9.36. The zero-order valence-electron chi connectivity index (χ0n) is 10.3. The van der Waals surface area contributed by atoms with Crippen molar-refractivity contribution in [2.45, 2.75) is 0 Å². The molecule has 92 valence electrons. The van der Waals surface area contributed by atoms with Gasteiger partial charge in [-0.15, -0.1) is 0 Å². The van der Waals surface area contributed by atoms with E-state index >= 15 is 0 Å². The second-order valence-electron chi connectivity index (χ2n) is 4.18. The third-order valence-corrected chi connectivity index (χ3v) is 2.95. The van der Waals surface area contributed by atoms with Crippen LogP contribution in [0.2, 0.25) is 0 Å². The molecule has 3 heteroatoms. The summed E-state index contributed by atoms with van der Waals surface area (Å²) in [5.41, 5.74) is 1.63. The highest BCUT2D eigenvalue weighted by atomic mass is 16.1. The molecule has 0 aliphatic heterocycles. The summed E-state index contributed by atoms with van der Waals surface area (Å²) >= 11 is 0. The summed E-state index contributed by atoms with van der Waals surface area (Å²) in [4.78, 5) is 12.5. The Bertz CT molecular complexity index is 673. The molecule has 3 nitrogen and oxygen atoms in total. The Hall–Kier alpha value is -2.68. The van der Waals surface area contributed by atoms with Crippen molar-refractivity contribution < 1.29 is 4.57 Å². The van der Waals surface area contributed by atoms with E-state index in [0.29, 0.717) is 0 Å². The lowest BCUT2D eigenvalue weighted by Crippen LogP contribution is -2.51. The van der Waals surface area contributed by atoms with Gasteiger partial charge in [-0.25, -0.2) is 0 Å². The lowest BCUT2D eigenvalue weighted by atomic mass is 10.3. The Balaban J connectivity index is 2.18. The number of rotatable bonds is 2. The van der Waals surface area contributed by atoms with E-state index in [0.717, 1.165) is 11.4 Å². The van der Waals surface area contributed by atoms with E-state index in [4.69, 9.17) is 0 Å². The van der Waals surface area contributed by atoms with E-state index in [9.17, 15) is 4.79 Å². The van der Waals surface area contributed by atoms with Gasteiger partial charge in [-0.05, 0) is 24.3 Å². The van der Waals surface area contributed by atoms with Crippen molar-refractivity contribution in [1.29, 1.82) is 0 Å². The lowest BCUT2D eigenvalue weighted by Gasteiger charge is -2.01. The van der Waals surface area contributed by atoms with Crippen molar-refractivity contribution in [3.8, 4) is 11.4 Å². The van der Waals surface area contributed by atoms with Gasteiger partial charge in [0.1, 0.15) is 23.8 Å². The molecule has 0 amide bonds. The zero-order valence-corrected chi connectivity index (χ0v) is 10.3. The molecule has 0 saturated heterocycles. The monoisotopic (exact) mass is 249 g/mol. The summed E-state index contributed by atoms with van der Waals surface area (Å²) in [5.74, 6) is 0. The molecular formula is C16H13N2O+. The Morgan fingerprint density at radius 3 is 2.11 bits per heavy atom. The smallest absolute Gasteiger partial charge is 0.196 e. The fourth-order valence-electron chi connectivity index (χ4n) is 2.02. The SMILES string of the molecule is O=c1n(-c2ccccc2)ccc[n+]1-c1ccccc1. The fourth-order valence-corrected chi connectivity index (χ4v) is 2.02. The molecule has 3 rings (SSSR count). The van der Waals surface area contributed by atoms with E-state index in [1.807, 2.05) is 66.7 Å². The highest BCUT2D eigenvalue weighted by molar-refractivity contribution is 5.30. The summed E-state index contributed by atoms with van der Waals surface area (Å²) in [5, 5.41) is 0. The van der Waals surface area contributed by atoms with Crippen molar-refractivity contribution in [2.75, 3.05) is 0 Å². The average Bonchev–Trinajstić information content (AvgIpc) is 2.49. The first-order valence-corrected chi connectivity index (χ1v) is 6.10. The predicted octanol–water partition coefficient (Wildman–Crippen LogP) is 2.11. The minimum Gasteiger partial charge on any atom is -0.196 e. The van der Waals surface area contributed by atoms with Gasteiger partial charge in [0.2, 0.25) is 0 Å². The number of hydrogen-bond donors (Lipinski definition) is 0. The fraction of sp³-hybridized carbons (Fsp3) is 0. The average molecular weight is 249 g/mol. The van der Waals surface area contributed by atoms with Crippen LogP contribution >= 0.6 is 0 Å². The predicted molar refractivity (Wildman–Crippen MR) is 73.6 cm³/mol. The Labute approximate surface area is 111 Å². The van der Waals surface area contributed by atoms with Gasteiger partial charge in [-0.1, -0.05) is 36.4 Å². The van der Waals surface area contributed by atoms with Gasteiger partial charge in [-0.2, -0.15) is 13.9 Å². The van der Waals surface area contributed by atoms with Crippen LogP contribution < -0.4 is 10.3 Å². The first-order valence-electron chi connectivity index (χ1n) is 6.10. The second kappa shape index (κ2) is 4.90. The van der Waals surface area contributed by atoms with Gasteiger partial charge >= 0.3 is 5.69 Å². The first kappa shape index (κ1) is 11.4. The minimum absolute atomic E-state index is 0.0834. The van der Waals surface area contributed by atoms with Crippen LogP contribution in [-0.2, 0) is 0 Å². The number of aromatic nitrogens is 2. The topological polar surface area (TPSA) is 25.9 Å². The van der Waals surface area contributed by atoms with Crippen molar-refractivity contribution >= 4 is 0 Å². The van der Waals surface area contributed by atoms with Gasteiger partial charge in [0.25, 0.3) is 0 Å². The van der Waals surface area contributed by atoms with Crippen LogP contribution in [0.15, 0.2) is 83.9 Å². The third-order valence-electron chi connectivity index (χ3n) is 2.95. The summed E-state index contributed by atoms with van der Waals surface area (Å²) in [6.45, 7) is 0. The molecule has 0 aliphatic carbocycles. The summed E-state index contributed by atoms with van der Waals surface area (Å²) in [6.07, 6.45) is 3.55. The minimum atomic E-state index is -0.0834. The van der Waals surface area contributed by atoms with Gasteiger partial charge in [0.05, 0.1) is 0 Å². The lowest BCUT2D eigenvalue weighted by molar-refractivity contribution is -0.616. The zero-order chi connectivity index (χ0) is 13.1. The molecule has 0 aliphatic rings. The van der Waals surface area contributed by atoms with Crippen LogP contribution in [0.1, 0.15) is 0 Å². The van der Waals surface area contributed by atoms with E-state index in [1.165, 1.54) is 0 Å². The number of hydrogen-bond acceptors (Lipinski definition) is 1. The number of nitrogens with zero attached hydrogens (tertiary/aromatic N) is 2. The Morgan fingerprint density at radius 1 is 0.789 bits per heavy atom. The molecule has 1 heterocycles. The molecule has 2 aromatic carbocycles. The summed E-state index contributed by atoms with van der Waals surface area (Å²) < 4.78 is 3.26. The molecule has 0 saturated carbocycles. The highest BCUT2D eigenvalue weighted by Gasteiger charge is 2.13. The molecule has 0 atom stereocenters. The molecular weight excluding hydrogens is 236 g/mol. The summed E-state index contributed by atoms with van der Waals surface area (Å²) in [6, 6.07) is 21.1. The summed E-state index contributed by atoms with van der Waals surface area (Å²) in [7, 11) is 0. The molecule has 3 aromatic rings. The maximum absolute atomic E-state index is 12.5. The van der Waals surface area contributed by atoms with E-state index < -0.39 is 0 Å². The van der Waals surface area contributed by atoms with Crippen LogP contribution in [0.3, 0.4) is 0 Å². The number of benzene rings is 2. The van der Waals surface area contributed by atoms with Crippen LogP contribution in [-0.4, -0.2) is 4.57 Å². The third kappa shape index (κ3) is 2.18. The van der Waals surface area contributed by atoms with E-state index in [1.54, 1.807) is 21.5 Å². The van der Waals surface area contributed by atoms with Gasteiger partial charge in [0, 0.05) is 6.07 Å². The van der Waals surface area contributed by atoms with Crippen LogP contribution in [0, 0.1) is 0 Å². The quantitative estimate of drug-likeness (QED) is 0.639. The molecule has 0 spiro atoms. The molecule has 0 N–H and O–H groups in total. The van der Waals surface area contributed by atoms with E-state index in [2.05, 4.69) is 0 Å². The molecule has 0 radical (unpaired) electrons. The van der Waals surface area contributed by atoms with Gasteiger partial charge < -0.3 is 0 Å². The van der Waals surface area contributed by atoms with E-state index in [-0.39, 0.29) is 5.69 Å². The van der Waals surface area contributed by atoms with Crippen molar-refractivity contribution in [2.24, 2.45) is 0 Å². The van der Waals surface area contributed by atoms with Crippen LogP contribution in [0.4, 0.5) is 0 Å². The Morgan fingerprint density at radius 2 is 1.42 bits per heavy atom. The molecule has 1 aromatic heterocycles. The molecule has 19 heavy (non-hydrogen) atoms. The van der Waals surface area contributed by atoms with Gasteiger partial charge in [-0.3, -0.25) is 0 Å². The maximum Gasteiger partial charge on any atom is 0.508 e. The molecule has 0 fully saturated rings. The number of para-hydroxylation sites is 2. The Kier molecular flexibility index (Phi) is 2.94.